The summed E-state index contributed by atoms with van der Waals surface area (Å²) < 4.78 is 65.4. The number of piperazine rings is 1. The molecule has 1 aliphatic rings. The fraction of sp³-hybridized carbons (Fsp3) is 0.333. The predicted molar refractivity (Wildman–Crippen MR) is 94.4 cm³/mol. The number of aromatic amines is 1. The average Bonchev–Trinajstić information content (AvgIpc) is 3.14. The Balaban J connectivity index is 1.70. The Morgan fingerprint density at radius 2 is 1.89 bits per heavy atom. The summed E-state index contributed by atoms with van der Waals surface area (Å²) in [5.41, 5.74) is -0.755. The number of anilines is 1. The number of carbonyl (C=O) groups is 1. The first-order valence-electron chi connectivity index (χ1n) is 8.00. The zero-order chi connectivity index (χ0) is 20.5. The third-order valence-corrected chi connectivity index (χ3v) is 6.38. The minimum Gasteiger partial charge on any atom is -0.322 e. The summed E-state index contributed by atoms with van der Waals surface area (Å²) in [5, 5.41) is 8.25. The number of alkyl halides is 3. The highest BCUT2D eigenvalue weighted by atomic mass is 35.5. The number of rotatable bonds is 3. The molecule has 0 radical (unpaired) electrons. The van der Waals surface area contributed by atoms with E-state index in [1.807, 2.05) is 0 Å². The number of amides is 2. The lowest BCUT2D eigenvalue weighted by Crippen LogP contribution is -2.51. The van der Waals surface area contributed by atoms with E-state index in [1.54, 1.807) is 0 Å². The number of sulfonamides is 1. The Kier molecular flexibility index (Phi) is 5.55. The van der Waals surface area contributed by atoms with Crippen LogP contribution in [0.3, 0.4) is 0 Å². The quantitative estimate of drug-likeness (QED) is 0.771. The number of hydrogen-bond donors (Lipinski definition) is 2. The topological polar surface area (TPSA) is 98.4 Å². The monoisotopic (exact) mass is 437 g/mol. The highest BCUT2D eigenvalue weighted by Gasteiger charge is 2.36. The number of nitrogens with zero attached hydrogens (tertiary/aromatic N) is 3. The van der Waals surface area contributed by atoms with Crippen molar-refractivity contribution in [1.82, 2.24) is 19.4 Å². The van der Waals surface area contributed by atoms with E-state index < -0.39 is 37.7 Å². The molecule has 1 fully saturated rings. The number of hydrogen-bond acceptors (Lipinski definition) is 4. The van der Waals surface area contributed by atoms with Crippen LogP contribution in [0.5, 0.6) is 0 Å². The van der Waals surface area contributed by atoms with Gasteiger partial charge >= 0.3 is 12.2 Å². The summed E-state index contributed by atoms with van der Waals surface area (Å²) in [6.07, 6.45) is -1.87. The number of nitrogens with one attached hydrogen (secondary N) is 2. The van der Waals surface area contributed by atoms with Gasteiger partial charge in [-0.1, -0.05) is 11.6 Å². The van der Waals surface area contributed by atoms with Gasteiger partial charge in [-0.3, -0.25) is 5.10 Å². The van der Waals surface area contributed by atoms with Gasteiger partial charge in [-0.05, 0) is 18.2 Å². The molecule has 1 aromatic heterocycles. The van der Waals surface area contributed by atoms with Crippen molar-refractivity contribution < 1.29 is 26.4 Å². The molecule has 13 heteroatoms. The lowest BCUT2D eigenvalue weighted by Gasteiger charge is -2.34. The fourth-order valence-electron chi connectivity index (χ4n) is 2.68. The molecule has 0 bridgehead atoms. The summed E-state index contributed by atoms with van der Waals surface area (Å²) in [5.74, 6) is 0. The molecule has 8 nitrogen and oxygen atoms in total. The van der Waals surface area contributed by atoms with Gasteiger partial charge < -0.3 is 10.2 Å². The average molecular weight is 438 g/mol. The normalized spacial score (nSPS) is 16.2. The Morgan fingerprint density at radius 1 is 1.21 bits per heavy atom. The third-order valence-electron chi connectivity index (χ3n) is 4.16. The second-order valence-electron chi connectivity index (χ2n) is 5.95. The fourth-order valence-corrected chi connectivity index (χ4v) is 4.36. The van der Waals surface area contributed by atoms with Gasteiger partial charge in [0.1, 0.15) is 0 Å². The molecule has 2 aromatic rings. The predicted octanol–water partition coefficient (Wildman–Crippen LogP) is 2.62. The molecule has 152 valence electrons. The molecule has 0 saturated carbocycles. The van der Waals surface area contributed by atoms with Gasteiger partial charge in [0.05, 0.1) is 27.4 Å². The maximum absolute atomic E-state index is 13.0. The van der Waals surface area contributed by atoms with Gasteiger partial charge in [-0.2, -0.15) is 22.6 Å². The molecule has 2 N–H and O–H groups in total. The second kappa shape index (κ2) is 7.60. The van der Waals surface area contributed by atoms with Crippen LogP contribution in [0.2, 0.25) is 5.02 Å². The number of H-pyrrole nitrogens is 1. The third kappa shape index (κ3) is 4.23. The number of carbonyl (C=O) groups excluding carboxylic acids is 1. The Labute approximate surface area is 163 Å². The number of benzene rings is 1. The Morgan fingerprint density at radius 3 is 2.46 bits per heavy atom. The van der Waals surface area contributed by atoms with E-state index in [0.29, 0.717) is 11.8 Å². The summed E-state index contributed by atoms with van der Waals surface area (Å²) in [6, 6.07) is 2.04. The summed E-state index contributed by atoms with van der Waals surface area (Å²) >= 11 is 5.54. The van der Waals surface area contributed by atoms with Crippen LogP contribution in [0.25, 0.3) is 0 Å². The van der Waals surface area contributed by atoms with Crippen molar-refractivity contribution in [3.05, 3.63) is 41.2 Å². The zero-order valence-electron chi connectivity index (χ0n) is 14.2. The SMILES string of the molecule is O=C(Nc1cn[nH]c1)N1CCN(S(=O)(=O)c2ccc(Cl)c(C(F)(F)F)c2)CC1. The van der Waals surface area contributed by atoms with Crippen LogP contribution in [0.1, 0.15) is 5.56 Å². The summed E-state index contributed by atoms with van der Waals surface area (Å²) in [7, 11) is -4.16. The molecule has 0 atom stereocenters. The first-order chi connectivity index (χ1) is 13.1. The van der Waals surface area contributed by atoms with E-state index in [2.05, 4.69) is 15.5 Å². The van der Waals surface area contributed by atoms with E-state index in [-0.39, 0.29) is 26.2 Å². The van der Waals surface area contributed by atoms with Crippen LogP contribution in [0, 0.1) is 0 Å². The van der Waals surface area contributed by atoms with Gasteiger partial charge in [0.25, 0.3) is 0 Å². The first kappa shape index (κ1) is 20.4. The van der Waals surface area contributed by atoms with Gasteiger partial charge in [-0.15, -0.1) is 0 Å². The molecule has 1 saturated heterocycles. The van der Waals surface area contributed by atoms with Crippen molar-refractivity contribution in [3.63, 3.8) is 0 Å². The standard InChI is InChI=1S/C15H15ClF3N5O3S/c16-13-2-1-11(7-12(13)15(17,18)19)28(26,27)24-5-3-23(4-6-24)14(25)22-10-8-20-21-9-10/h1-2,7-9H,3-6H2,(H,20,21)(H,22,25). The van der Waals surface area contributed by atoms with Crippen molar-refractivity contribution >= 4 is 33.3 Å². The van der Waals surface area contributed by atoms with E-state index in [9.17, 15) is 26.4 Å². The number of halogens is 4. The molecule has 2 heterocycles. The van der Waals surface area contributed by atoms with Gasteiger partial charge in [0.15, 0.2) is 0 Å². The zero-order valence-corrected chi connectivity index (χ0v) is 15.8. The number of urea groups is 1. The minimum atomic E-state index is -4.77. The summed E-state index contributed by atoms with van der Waals surface area (Å²) in [4.78, 5) is 13.1. The van der Waals surface area contributed by atoms with E-state index in [1.165, 1.54) is 17.3 Å². The first-order valence-corrected chi connectivity index (χ1v) is 9.82. The maximum Gasteiger partial charge on any atom is 0.417 e. The molecule has 1 aromatic carbocycles. The molecule has 3 rings (SSSR count). The van der Waals surface area contributed by atoms with E-state index in [0.717, 1.165) is 16.4 Å². The number of aromatic nitrogens is 2. The molecule has 0 aliphatic carbocycles. The van der Waals surface area contributed by atoms with Crippen molar-refractivity contribution in [2.45, 2.75) is 11.1 Å². The largest absolute Gasteiger partial charge is 0.417 e. The lowest BCUT2D eigenvalue weighted by molar-refractivity contribution is -0.137. The van der Waals surface area contributed by atoms with E-state index >= 15 is 0 Å². The summed E-state index contributed by atoms with van der Waals surface area (Å²) in [6.45, 7) is 0.0709. The maximum atomic E-state index is 13.0. The molecule has 28 heavy (non-hydrogen) atoms. The van der Waals surface area contributed by atoms with Gasteiger partial charge in [0, 0.05) is 32.4 Å². The highest BCUT2D eigenvalue weighted by Crippen LogP contribution is 2.36. The molecule has 0 unspecified atom stereocenters. The van der Waals surface area contributed by atoms with Crippen LogP contribution in [0.4, 0.5) is 23.7 Å². The minimum absolute atomic E-state index is 0.0505. The second-order valence-corrected chi connectivity index (χ2v) is 8.29. The van der Waals surface area contributed by atoms with Crippen LogP contribution < -0.4 is 5.32 Å². The molecular formula is C15H15ClF3N5O3S. The molecule has 1 aliphatic heterocycles. The van der Waals surface area contributed by atoms with Crippen molar-refractivity contribution in [3.8, 4) is 0 Å². The van der Waals surface area contributed by atoms with Gasteiger partial charge in [-0.25, -0.2) is 13.2 Å². The van der Waals surface area contributed by atoms with Crippen molar-refractivity contribution in [2.75, 3.05) is 31.5 Å². The molecule has 0 spiro atoms. The lowest BCUT2D eigenvalue weighted by atomic mass is 10.2. The van der Waals surface area contributed by atoms with Crippen molar-refractivity contribution in [2.24, 2.45) is 0 Å². The van der Waals surface area contributed by atoms with Crippen molar-refractivity contribution in [1.29, 1.82) is 0 Å². The van der Waals surface area contributed by atoms with Gasteiger partial charge in [0.2, 0.25) is 10.0 Å². The highest BCUT2D eigenvalue weighted by molar-refractivity contribution is 7.89. The van der Waals surface area contributed by atoms with Crippen LogP contribution >= 0.6 is 11.6 Å². The van der Waals surface area contributed by atoms with Crippen LogP contribution in [0.15, 0.2) is 35.5 Å². The van der Waals surface area contributed by atoms with E-state index in [4.69, 9.17) is 11.6 Å². The smallest absolute Gasteiger partial charge is 0.322 e. The Bertz CT molecular complexity index is 958. The van der Waals surface area contributed by atoms with Crippen LogP contribution in [-0.2, 0) is 16.2 Å². The Hall–Kier alpha value is -2.31. The van der Waals surface area contributed by atoms with Crippen LogP contribution in [-0.4, -0.2) is 60.0 Å². The molecule has 2 amide bonds. The molecular weight excluding hydrogens is 423 g/mol.